The van der Waals surface area contributed by atoms with E-state index in [4.69, 9.17) is 15.1 Å². The Morgan fingerprint density at radius 1 is 1.44 bits per heavy atom. The zero-order valence-electron chi connectivity index (χ0n) is 9.23. The zero-order valence-corrected chi connectivity index (χ0v) is 9.23. The standard InChI is InChI=1S/C11H15NO4/c1-2-3-4-5-16-11(15)9(7-12)6-10(14)8-13/h6,13H,2-5,8H2,1H3. The van der Waals surface area contributed by atoms with Gasteiger partial charge in [-0.15, -0.1) is 0 Å². The second-order valence-electron chi connectivity index (χ2n) is 3.14. The maximum Gasteiger partial charge on any atom is 0.349 e. The molecule has 16 heavy (non-hydrogen) atoms. The van der Waals surface area contributed by atoms with Crippen LogP contribution >= 0.6 is 0 Å². The van der Waals surface area contributed by atoms with E-state index >= 15 is 0 Å². The lowest BCUT2D eigenvalue weighted by Gasteiger charge is -2.02. The van der Waals surface area contributed by atoms with Crippen LogP contribution in [0.3, 0.4) is 0 Å². The molecule has 0 aromatic carbocycles. The monoisotopic (exact) mass is 225 g/mol. The average molecular weight is 225 g/mol. The number of carbonyl (C=O) groups excluding carboxylic acids is 2. The van der Waals surface area contributed by atoms with E-state index in [2.05, 4.69) is 0 Å². The molecule has 0 fully saturated rings. The molecular formula is C11H15NO4. The quantitative estimate of drug-likeness (QED) is 0.299. The van der Waals surface area contributed by atoms with E-state index in [1.54, 1.807) is 6.07 Å². The number of hydrogen-bond acceptors (Lipinski definition) is 5. The number of esters is 1. The van der Waals surface area contributed by atoms with Crippen LogP contribution in [0.5, 0.6) is 0 Å². The second kappa shape index (κ2) is 8.62. The lowest BCUT2D eigenvalue weighted by molar-refractivity contribution is -0.138. The molecule has 0 saturated heterocycles. The van der Waals surface area contributed by atoms with Gasteiger partial charge < -0.3 is 9.84 Å². The summed E-state index contributed by atoms with van der Waals surface area (Å²) in [6, 6.07) is 1.56. The summed E-state index contributed by atoms with van der Waals surface area (Å²) in [6.07, 6.45) is 3.47. The number of aliphatic hydroxyl groups is 1. The molecule has 0 radical (unpaired) electrons. The van der Waals surface area contributed by atoms with Crippen molar-refractivity contribution in [3.05, 3.63) is 11.6 Å². The number of nitrogens with zero attached hydrogens (tertiary/aromatic N) is 1. The lowest BCUT2D eigenvalue weighted by Crippen LogP contribution is -2.10. The third-order valence-corrected chi connectivity index (χ3v) is 1.78. The van der Waals surface area contributed by atoms with Gasteiger partial charge in [-0.25, -0.2) is 4.79 Å². The van der Waals surface area contributed by atoms with Crippen LogP contribution in [0.1, 0.15) is 26.2 Å². The Labute approximate surface area is 94.3 Å². The largest absolute Gasteiger partial charge is 0.462 e. The first-order valence-electron chi connectivity index (χ1n) is 5.08. The minimum Gasteiger partial charge on any atom is -0.462 e. The van der Waals surface area contributed by atoms with Gasteiger partial charge in [0.15, 0.2) is 5.78 Å². The van der Waals surface area contributed by atoms with Gasteiger partial charge in [-0.05, 0) is 6.42 Å². The van der Waals surface area contributed by atoms with Gasteiger partial charge in [0.1, 0.15) is 18.2 Å². The van der Waals surface area contributed by atoms with E-state index in [-0.39, 0.29) is 12.2 Å². The number of ketones is 1. The van der Waals surface area contributed by atoms with Crippen molar-refractivity contribution in [1.29, 1.82) is 5.26 Å². The highest BCUT2D eigenvalue weighted by molar-refractivity contribution is 6.02. The molecule has 0 aliphatic heterocycles. The minimum atomic E-state index is -0.819. The van der Waals surface area contributed by atoms with Crippen LogP contribution in [0.25, 0.3) is 0 Å². The van der Waals surface area contributed by atoms with Gasteiger partial charge in [-0.2, -0.15) is 5.26 Å². The van der Waals surface area contributed by atoms with Crippen molar-refractivity contribution in [2.75, 3.05) is 13.2 Å². The predicted octanol–water partition coefficient (Wildman–Crippen LogP) is 0.731. The van der Waals surface area contributed by atoms with Crippen molar-refractivity contribution in [3.8, 4) is 6.07 Å². The topological polar surface area (TPSA) is 87.4 Å². The van der Waals surface area contributed by atoms with E-state index in [1.165, 1.54) is 0 Å². The van der Waals surface area contributed by atoms with E-state index in [0.717, 1.165) is 25.3 Å². The van der Waals surface area contributed by atoms with Crippen LogP contribution in [-0.4, -0.2) is 30.1 Å². The molecule has 0 unspecified atom stereocenters. The van der Waals surface area contributed by atoms with Crippen LogP contribution in [0.15, 0.2) is 11.6 Å². The fourth-order valence-corrected chi connectivity index (χ4v) is 0.938. The maximum atomic E-state index is 11.2. The third kappa shape index (κ3) is 5.94. The highest BCUT2D eigenvalue weighted by Crippen LogP contribution is 2.00. The normalized spacial score (nSPS) is 10.7. The van der Waals surface area contributed by atoms with Gasteiger partial charge in [0.05, 0.1) is 6.61 Å². The van der Waals surface area contributed by atoms with Crippen molar-refractivity contribution < 1.29 is 19.4 Å². The number of nitriles is 1. The summed E-state index contributed by atoms with van der Waals surface area (Å²) in [5, 5.41) is 17.0. The zero-order chi connectivity index (χ0) is 12.4. The lowest BCUT2D eigenvalue weighted by atomic mass is 10.2. The number of rotatable bonds is 7. The number of aliphatic hydroxyl groups excluding tert-OH is 1. The highest BCUT2D eigenvalue weighted by Gasteiger charge is 2.11. The number of carbonyl (C=O) groups is 2. The van der Waals surface area contributed by atoms with Crippen molar-refractivity contribution >= 4 is 11.8 Å². The smallest absolute Gasteiger partial charge is 0.349 e. The molecule has 0 aliphatic carbocycles. The van der Waals surface area contributed by atoms with Crippen molar-refractivity contribution in [2.45, 2.75) is 26.2 Å². The summed E-state index contributed by atoms with van der Waals surface area (Å²) in [5.41, 5.74) is -0.379. The molecule has 0 rings (SSSR count). The summed E-state index contributed by atoms with van der Waals surface area (Å²) in [6.45, 7) is 1.52. The van der Waals surface area contributed by atoms with Crippen LogP contribution in [0.2, 0.25) is 0 Å². The molecule has 0 atom stereocenters. The summed E-state index contributed by atoms with van der Waals surface area (Å²) in [5.74, 6) is -1.51. The van der Waals surface area contributed by atoms with Gasteiger partial charge in [-0.1, -0.05) is 19.8 Å². The molecule has 5 nitrogen and oxygen atoms in total. The first kappa shape index (κ1) is 14.3. The van der Waals surface area contributed by atoms with Crippen LogP contribution < -0.4 is 0 Å². The highest BCUT2D eigenvalue weighted by atomic mass is 16.5. The molecule has 0 amide bonds. The Bertz CT molecular complexity index is 314. The molecule has 88 valence electrons. The third-order valence-electron chi connectivity index (χ3n) is 1.78. The molecular weight excluding hydrogens is 210 g/mol. The van der Waals surface area contributed by atoms with Gasteiger partial charge in [0.2, 0.25) is 0 Å². The molecule has 1 N–H and O–H groups in total. The number of hydrogen-bond donors (Lipinski definition) is 1. The molecule has 5 heteroatoms. The molecule has 0 aliphatic rings. The fraction of sp³-hybridized carbons (Fsp3) is 0.545. The average Bonchev–Trinajstić information content (AvgIpc) is 2.30. The second-order valence-corrected chi connectivity index (χ2v) is 3.14. The summed E-state index contributed by atoms with van der Waals surface area (Å²) in [4.78, 5) is 22.0. The van der Waals surface area contributed by atoms with Crippen molar-refractivity contribution in [3.63, 3.8) is 0 Å². The first-order chi connectivity index (χ1) is 7.65. The fourth-order valence-electron chi connectivity index (χ4n) is 0.938. The predicted molar refractivity (Wildman–Crippen MR) is 56.3 cm³/mol. The van der Waals surface area contributed by atoms with Crippen LogP contribution in [-0.2, 0) is 14.3 Å². The van der Waals surface area contributed by atoms with Crippen LogP contribution in [0, 0.1) is 11.3 Å². The van der Waals surface area contributed by atoms with Gasteiger partial charge in [0.25, 0.3) is 0 Å². The molecule has 0 heterocycles. The van der Waals surface area contributed by atoms with Gasteiger partial charge in [0, 0.05) is 6.08 Å². The Kier molecular flexibility index (Phi) is 7.72. The molecule has 0 bridgehead atoms. The molecule has 0 aromatic rings. The number of unbranched alkanes of at least 4 members (excludes halogenated alkanes) is 2. The van der Waals surface area contributed by atoms with Crippen molar-refractivity contribution in [2.24, 2.45) is 0 Å². The van der Waals surface area contributed by atoms with Gasteiger partial charge in [-0.3, -0.25) is 4.79 Å². The van der Waals surface area contributed by atoms with E-state index in [0.29, 0.717) is 0 Å². The molecule has 0 spiro atoms. The summed E-state index contributed by atoms with van der Waals surface area (Å²) >= 11 is 0. The first-order valence-corrected chi connectivity index (χ1v) is 5.08. The maximum absolute atomic E-state index is 11.2. The van der Waals surface area contributed by atoms with E-state index < -0.39 is 18.4 Å². The van der Waals surface area contributed by atoms with Crippen LogP contribution in [0.4, 0.5) is 0 Å². The number of ether oxygens (including phenoxy) is 1. The molecule has 0 aromatic heterocycles. The Morgan fingerprint density at radius 3 is 2.62 bits per heavy atom. The minimum absolute atomic E-state index is 0.235. The Morgan fingerprint density at radius 2 is 2.12 bits per heavy atom. The van der Waals surface area contributed by atoms with Crippen molar-refractivity contribution in [1.82, 2.24) is 0 Å². The Hall–Kier alpha value is -1.67. The SMILES string of the molecule is CCCCCOC(=O)C(C#N)=CC(=O)CO. The summed E-state index contributed by atoms with van der Waals surface area (Å²) < 4.78 is 4.78. The summed E-state index contributed by atoms with van der Waals surface area (Å²) in [7, 11) is 0. The van der Waals surface area contributed by atoms with E-state index in [1.807, 2.05) is 6.92 Å². The van der Waals surface area contributed by atoms with E-state index in [9.17, 15) is 9.59 Å². The molecule has 0 saturated carbocycles. The van der Waals surface area contributed by atoms with Gasteiger partial charge >= 0.3 is 5.97 Å². The Balaban J connectivity index is 4.18.